The summed E-state index contributed by atoms with van der Waals surface area (Å²) in [4.78, 5) is 20.2. The second-order valence-electron chi connectivity index (χ2n) is 5.35. The SMILES string of the molecule is CCS1(C(F)(F)F)c2cc([N+](=O)[O-])ccc2-c2ccc([N+](=O)[O-])cc21. The van der Waals surface area contributed by atoms with Gasteiger partial charge in [0.15, 0.2) is 0 Å². The van der Waals surface area contributed by atoms with Crippen molar-refractivity contribution in [3.8, 4) is 11.1 Å². The molecule has 2 aromatic carbocycles. The van der Waals surface area contributed by atoms with E-state index < -0.39 is 36.8 Å². The third kappa shape index (κ3) is 2.28. The molecule has 0 fully saturated rings. The van der Waals surface area contributed by atoms with Gasteiger partial charge in [-0.05, 0) is 29.0 Å². The number of alkyl halides is 3. The third-order valence-electron chi connectivity index (χ3n) is 4.22. The summed E-state index contributed by atoms with van der Waals surface area (Å²) in [5.74, 6) is -0.348. The number of fused-ring (bicyclic) bond motifs is 3. The van der Waals surface area contributed by atoms with Crippen LogP contribution in [0.4, 0.5) is 24.5 Å². The molecule has 0 aliphatic carbocycles. The van der Waals surface area contributed by atoms with E-state index in [2.05, 4.69) is 0 Å². The maximum atomic E-state index is 14.1. The Morgan fingerprint density at radius 1 is 0.920 bits per heavy atom. The molecule has 0 N–H and O–H groups in total. The lowest BCUT2D eigenvalue weighted by atomic mass is 10.1. The molecule has 0 unspecified atom stereocenters. The normalized spacial score (nSPS) is 16.0. The topological polar surface area (TPSA) is 86.3 Å². The number of hydrogen-bond donors (Lipinski definition) is 0. The predicted molar refractivity (Wildman–Crippen MR) is 85.9 cm³/mol. The molecule has 6 nitrogen and oxygen atoms in total. The molecule has 0 radical (unpaired) electrons. The lowest BCUT2D eigenvalue weighted by molar-refractivity contribution is -0.385. The van der Waals surface area contributed by atoms with Crippen molar-refractivity contribution in [3.05, 3.63) is 56.6 Å². The van der Waals surface area contributed by atoms with E-state index in [-0.39, 0.29) is 26.7 Å². The van der Waals surface area contributed by atoms with Crippen LogP contribution in [0.15, 0.2) is 46.2 Å². The standard InChI is InChI=1S/C15H11F3N2O4S/c1-2-25(15(16,17)18)13-7-9(19(21)22)3-5-11(13)12-6-4-10(20(23)24)8-14(12)25/h3-8H,2H2,1H3. The molecule has 3 rings (SSSR count). The second kappa shape index (κ2) is 5.45. The van der Waals surface area contributed by atoms with Crippen molar-refractivity contribution in [1.82, 2.24) is 0 Å². The number of hydrogen-bond acceptors (Lipinski definition) is 4. The highest BCUT2D eigenvalue weighted by Crippen LogP contribution is 2.79. The Morgan fingerprint density at radius 2 is 1.32 bits per heavy atom. The molecule has 0 aromatic heterocycles. The Hall–Kier alpha value is -2.62. The van der Waals surface area contributed by atoms with Gasteiger partial charge in [-0.15, -0.1) is 0 Å². The summed E-state index contributed by atoms with van der Waals surface area (Å²) in [6, 6.07) is 6.76. The van der Waals surface area contributed by atoms with E-state index in [9.17, 15) is 33.4 Å². The molecule has 0 saturated heterocycles. The van der Waals surface area contributed by atoms with Gasteiger partial charge in [0, 0.05) is 34.1 Å². The molecule has 0 bridgehead atoms. The maximum Gasteiger partial charge on any atom is 0.433 e. The van der Waals surface area contributed by atoms with Gasteiger partial charge in [0.1, 0.15) is 0 Å². The Kier molecular flexibility index (Phi) is 3.75. The molecule has 10 heteroatoms. The number of benzene rings is 2. The minimum atomic E-state index is -4.69. The van der Waals surface area contributed by atoms with E-state index in [1.54, 1.807) is 0 Å². The minimum Gasteiger partial charge on any atom is -0.258 e. The molecule has 0 amide bonds. The highest BCUT2D eigenvalue weighted by molar-refractivity contribution is 8.34. The maximum absolute atomic E-state index is 14.1. The van der Waals surface area contributed by atoms with E-state index in [1.165, 1.54) is 19.1 Å². The van der Waals surface area contributed by atoms with Crippen LogP contribution in [0.5, 0.6) is 0 Å². The molecule has 1 heterocycles. The van der Waals surface area contributed by atoms with E-state index in [0.717, 1.165) is 24.3 Å². The van der Waals surface area contributed by atoms with Crippen molar-refractivity contribution in [3.63, 3.8) is 0 Å². The average molecular weight is 372 g/mol. The Balaban J connectivity index is 2.42. The zero-order valence-electron chi connectivity index (χ0n) is 12.7. The fraction of sp³-hybridized carbons (Fsp3) is 0.200. The summed E-state index contributed by atoms with van der Waals surface area (Å²) < 4.78 is 42.4. The summed E-state index contributed by atoms with van der Waals surface area (Å²) in [6.07, 6.45) is 0. The Morgan fingerprint density at radius 3 is 1.60 bits per heavy atom. The van der Waals surface area contributed by atoms with Gasteiger partial charge in [-0.25, -0.2) is 0 Å². The molecular formula is C15H11F3N2O4S. The van der Waals surface area contributed by atoms with E-state index >= 15 is 0 Å². The zero-order chi connectivity index (χ0) is 18.6. The number of nitro groups is 2. The van der Waals surface area contributed by atoms with Crippen LogP contribution in [-0.4, -0.2) is 21.1 Å². The van der Waals surface area contributed by atoms with Crippen LogP contribution in [0.25, 0.3) is 11.1 Å². The number of rotatable bonds is 3. The van der Waals surface area contributed by atoms with Gasteiger partial charge in [-0.3, -0.25) is 20.2 Å². The van der Waals surface area contributed by atoms with Crippen LogP contribution in [0.2, 0.25) is 0 Å². The van der Waals surface area contributed by atoms with Crippen molar-refractivity contribution >= 4 is 21.4 Å². The molecule has 2 aromatic rings. The monoisotopic (exact) mass is 372 g/mol. The first kappa shape index (κ1) is 17.2. The second-order valence-corrected chi connectivity index (χ2v) is 8.75. The molecule has 0 atom stereocenters. The number of non-ortho nitro benzene ring substituents is 2. The van der Waals surface area contributed by atoms with E-state index in [4.69, 9.17) is 0 Å². The van der Waals surface area contributed by atoms with Crippen LogP contribution in [-0.2, 0) is 0 Å². The van der Waals surface area contributed by atoms with Gasteiger partial charge in [0.05, 0.1) is 9.85 Å². The van der Waals surface area contributed by atoms with Gasteiger partial charge in [-0.1, -0.05) is 17.0 Å². The van der Waals surface area contributed by atoms with Gasteiger partial charge >= 0.3 is 5.51 Å². The molecule has 1 aliphatic rings. The number of nitrogens with zero attached hydrogens (tertiary/aromatic N) is 2. The zero-order valence-corrected chi connectivity index (χ0v) is 13.6. The molecule has 132 valence electrons. The first-order valence-corrected chi connectivity index (χ1v) is 8.88. The molecule has 0 saturated carbocycles. The fourth-order valence-electron chi connectivity index (χ4n) is 3.11. The smallest absolute Gasteiger partial charge is 0.258 e. The van der Waals surface area contributed by atoms with Crippen LogP contribution in [0.1, 0.15) is 6.92 Å². The highest BCUT2D eigenvalue weighted by atomic mass is 32.3. The molecule has 1 aliphatic heterocycles. The third-order valence-corrected chi connectivity index (χ3v) is 8.05. The quantitative estimate of drug-likeness (QED) is 0.544. The summed E-state index contributed by atoms with van der Waals surface area (Å²) in [5, 5.41) is 22.0. The summed E-state index contributed by atoms with van der Waals surface area (Å²) in [6.45, 7) is 1.35. The first-order chi connectivity index (χ1) is 11.6. The summed E-state index contributed by atoms with van der Waals surface area (Å²) >= 11 is 0. The summed E-state index contributed by atoms with van der Waals surface area (Å²) in [7, 11) is -3.65. The number of nitro benzene ring substituents is 2. The van der Waals surface area contributed by atoms with Crippen LogP contribution >= 0.6 is 10.0 Å². The van der Waals surface area contributed by atoms with Crippen molar-refractivity contribution in [1.29, 1.82) is 0 Å². The van der Waals surface area contributed by atoms with Crippen LogP contribution < -0.4 is 0 Å². The van der Waals surface area contributed by atoms with E-state index in [1.807, 2.05) is 0 Å². The minimum absolute atomic E-state index is 0.160. The lowest BCUT2D eigenvalue weighted by Crippen LogP contribution is -2.21. The summed E-state index contributed by atoms with van der Waals surface area (Å²) in [5.41, 5.74) is -5.08. The van der Waals surface area contributed by atoms with Gasteiger partial charge in [-0.2, -0.15) is 13.2 Å². The molecule has 25 heavy (non-hydrogen) atoms. The predicted octanol–water partition coefficient (Wildman–Crippen LogP) is 5.25. The van der Waals surface area contributed by atoms with Crippen LogP contribution in [0.3, 0.4) is 0 Å². The first-order valence-electron chi connectivity index (χ1n) is 7.08. The van der Waals surface area contributed by atoms with Gasteiger partial charge in [0.2, 0.25) is 0 Å². The Labute approximate surface area is 140 Å². The van der Waals surface area contributed by atoms with Gasteiger partial charge in [0.25, 0.3) is 11.4 Å². The lowest BCUT2D eigenvalue weighted by Gasteiger charge is -2.38. The Bertz CT molecular complexity index is 851. The van der Waals surface area contributed by atoms with Gasteiger partial charge < -0.3 is 0 Å². The van der Waals surface area contributed by atoms with Crippen molar-refractivity contribution < 1.29 is 23.0 Å². The van der Waals surface area contributed by atoms with E-state index in [0.29, 0.717) is 0 Å². The molecular weight excluding hydrogens is 361 g/mol. The van der Waals surface area contributed by atoms with Crippen molar-refractivity contribution in [2.24, 2.45) is 0 Å². The fourth-order valence-corrected chi connectivity index (χ4v) is 6.55. The average Bonchev–Trinajstić information content (AvgIpc) is 2.83. The number of halogens is 3. The largest absolute Gasteiger partial charge is 0.433 e. The molecule has 0 spiro atoms. The highest BCUT2D eigenvalue weighted by Gasteiger charge is 2.56. The van der Waals surface area contributed by atoms with Crippen LogP contribution in [0, 0.1) is 20.2 Å². The van der Waals surface area contributed by atoms with Crippen molar-refractivity contribution in [2.75, 3.05) is 5.75 Å². The van der Waals surface area contributed by atoms with Crippen molar-refractivity contribution in [2.45, 2.75) is 22.2 Å².